The molecule has 1 aliphatic rings. The maximum atomic E-state index is 15.0. The standard InChI is InChI=1S/C25H25F2N5O4/c1-13(2)23-31-32-24(36-23)15-9-29-22-20(15)18(4-5-28-22)35-21-16(26)6-14(7-17(21)27)8-19-30-10-25(3,11-33)12-34-19/h4-7,9,13,33H,8,10-12H2,1-3H3,(H,28,29). The number of hydrogen-bond acceptors (Lipinski definition) is 8. The number of aromatic amines is 1. The van der Waals surface area contributed by atoms with Crippen molar-refractivity contribution in [2.75, 3.05) is 19.8 Å². The van der Waals surface area contributed by atoms with Crippen molar-refractivity contribution in [1.29, 1.82) is 0 Å². The zero-order valence-electron chi connectivity index (χ0n) is 20.0. The second kappa shape index (κ2) is 9.30. The monoisotopic (exact) mass is 497 g/mol. The fourth-order valence-electron chi connectivity index (χ4n) is 3.78. The van der Waals surface area contributed by atoms with Crippen molar-refractivity contribution < 1.29 is 27.8 Å². The first-order valence-corrected chi connectivity index (χ1v) is 11.5. The summed E-state index contributed by atoms with van der Waals surface area (Å²) in [4.78, 5) is 11.6. The molecule has 0 spiro atoms. The van der Waals surface area contributed by atoms with Crippen LogP contribution in [0.25, 0.3) is 22.5 Å². The molecule has 0 fully saturated rings. The van der Waals surface area contributed by atoms with Gasteiger partial charge < -0.3 is 24.0 Å². The Hall–Kier alpha value is -3.86. The van der Waals surface area contributed by atoms with Crippen LogP contribution in [0, 0.1) is 17.0 Å². The predicted octanol–water partition coefficient (Wildman–Crippen LogP) is 4.78. The zero-order valence-corrected chi connectivity index (χ0v) is 20.0. The minimum absolute atomic E-state index is 0.0381. The van der Waals surface area contributed by atoms with Gasteiger partial charge in [0.05, 0.1) is 30.7 Å². The molecule has 1 aromatic carbocycles. The highest BCUT2D eigenvalue weighted by Crippen LogP contribution is 2.38. The lowest BCUT2D eigenvalue weighted by Crippen LogP contribution is -2.36. The molecule has 11 heteroatoms. The number of aromatic nitrogens is 4. The van der Waals surface area contributed by atoms with E-state index in [1.165, 1.54) is 24.4 Å². The van der Waals surface area contributed by atoms with E-state index in [1.54, 1.807) is 6.20 Å². The number of aliphatic hydroxyl groups excluding tert-OH is 1. The lowest BCUT2D eigenvalue weighted by molar-refractivity contribution is 0.0691. The van der Waals surface area contributed by atoms with E-state index in [0.717, 1.165) is 0 Å². The molecule has 188 valence electrons. The molecular formula is C25H25F2N5O4. The summed E-state index contributed by atoms with van der Waals surface area (Å²) >= 11 is 0. The average Bonchev–Trinajstić information content (AvgIpc) is 3.51. The molecule has 0 amide bonds. The quantitative estimate of drug-likeness (QED) is 0.377. The summed E-state index contributed by atoms with van der Waals surface area (Å²) in [7, 11) is 0. The van der Waals surface area contributed by atoms with E-state index in [0.29, 0.717) is 40.5 Å². The minimum Gasteiger partial charge on any atom is -0.480 e. The number of H-pyrrole nitrogens is 1. The van der Waals surface area contributed by atoms with Gasteiger partial charge in [-0.25, -0.2) is 13.8 Å². The van der Waals surface area contributed by atoms with Crippen LogP contribution < -0.4 is 4.74 Å². The lowest BCUT2D eigenvalue weighted by Gasteiger charge is -2.30. The summed E-state index contributed by atoms with van der Waals surface area (Å²) in [6.45, 7) is 6.31. The molecule has 2 N–H and O–H groups in total. The maximum absolute atomic E-state index is 15.0. The fourth-order valence-corrected chi connectivity index (χ4v) is 3.78. The summed E-state index contributed by atoms with van der Waals surface area (Å²) in [6, 6.07) is 3.88. The molecule has 4 aromatic rings. The van der Waals surface area contributed by atoms with Crippen molar-refractivity contribution in [2.45, 2.75) is 33.1 Å². The molecule has 1 aliphatic heterocycles. The SMILES string of the molecule is CC(C)c1nnc(-c2c[nH]c3nccc(Oc4c(F)cc(CC5=NCC(C)(CO)CO5)cc4F)c23)o1. The smallest absolute Gasteiger partial charge is 0.250 e. The van der Waals surface area contributed by atoms with Crippen molar-refractivity contribution in [3.8, 4) is 23.0 Å². The predicted molar refractivity (Wildman–Crippen MR) is 127 cm³/mol. The van der Waals surface area contributed by atoms with Gasteiger partial charge in [0.2, 0.25) is 11.8 Å². The van der Waals surface area contributed by atoms with Gasteiger partial charge in [0.15, 0.2) is 23.3 Å². The Morgan fingerprint density at radius 3 is 2.64 bits per heavy atom. The first-order chi connectivity index (χ1) is 17.3. The normalized spacial score (nSPS) is 17.9. The Kier molecular flexibility index (Phi) is 6.17. The average molecular weight is 498 g/mol. The summed E-state index contributed by atoms with van der Waals surface area (Å²) in [5, 5.41) is 18.0. The van der Waals surface area contributed by atoms with E-state index in [1.807, 2.05) is 20.8 Å². The minimum atomic E-state index is -0.872. The third kappa shape index (κ3) is 4.53. The number of rotatable bonds is 7. The highest BCUT2D eigenvalue weighted by atomic mass is 19.1. The largest absolute Gasteiger partial charge is 0.480 e. The molecule has 0 saturated heterocycles. The summed E-state index contributed by atoms with van der Waals surface area (Å²) in [5.74, 6) is -1.01. The Balaban J connectivity index is 1.43. The Bertz CT molecular complexity index is 1420. The lowest BCUT2D eigenvalue weighted by atomic mass is 9.92. The molecule has 5 rings (SSSR count). The molecule has 3 aromatic heterocycles. The number of fused-ring (bicyclic) bond motifs is 1. The van der Waals surface area contributed by atoms with Crippen LogP contribution in [0.15, 0.2) is 40.0 Å². The Labute approximate surface area is 205 Å². The van der Waals surface area contributed by atoms with Crippen LogP contribution in [0.3, 0.4) is 0 Å². The molecule has 1 unspecified atom stereocenters. The van der Waals surface area contributed by atoms with Gasteiger partial charge in [0.25, 0.3) is 0 Å². The molecule has 0 aliphatic carbocycles. The summed E-state index contributed by atoms with van der Waals surface area (Å²) in [6.07, 6.45) is 3.21. The van der Waals surface area contributed by atoms with Gasteiger partial charge in [-0.15, -0.1) is 10.2 Å². The third-order valence-electron chi connectivity index (χ3n) is 5.93. The van der Waals surface area contributed by atoms with E-state index in [-0.39, 0.29) is 37.2 Å². The molecule has 36 heavy (non-hydrogen) atoms. The molecule has 1 atom stereocenters. The van der Waals surface area contributed by atoms with Crippen LogP contribution >= 0.6 is 0 Å². The number of aliphatic imine (C=N–C) groups is 1. The third-order valence-corrected chi connectivity index (χ3v) is 5.93. The number of nitrogens with one attached hydrogen (secondary N) is 1. The van der Waals surface area contributed by atoms with Gasteiger partial charge in [0, 0.05) is 30.1 Å². The van der Waals surface area contributed by atoms with Crippen LogP contribution in [-0.4, -0.2) is 50.9 Å². The number of benzene rings is 1. The second-order valence-electron chi connectivity index (χ2n) is 9.47. The number of ether oxygens (including phenoxy) is 2. The van der Waals surface area contributed by atoms with Crippen molar-refractivity contribution in [2.24, 2.45) is 10.4 Å². The fraction of sp³-hybridized carbons (Fsp3) is 0.360. The Morgan fingerprint density at radius 2 is 2.00 bits per heavy atom. The second-order valence-corrected chi connectivity index (χ2v) is 9.47. The highest BCUT2D eigenvalue weighted by molar-refractivity contribution is 5.96. The number of nitrogens with zero attached hydrogens (tertiary/aromatic N) is 4. The Morgan fingerprint density at radius 1 is 1.22 bits per heavy atom. The number of hydrogen-bond donors (Lipinski definition) is 2. The van der Waals surface area contributed by atoms with E-state index in [4.69, 9.17) is 13.9 Å². The molecule has 9 nitrogen and oxygen atoms in total. The molecule has 0 bridgehead atoms. The van der Waals surface area contributed by atoms with Gasteiger partial charge in [0.1, 0.15) is 11.4 Å². The van der Waals surface area contributed by atoms with E-state index in [9.17, 15) is 5.11 Å². The van der Waals surface area contributed by atoms with Crippen LogP contribution in [0.1, 0.15) is 38.1 Å². The number of aliphatic hydroxyl groups is 1. The van der Waals surface area contributed by atoms with Crippen LogP contribution in [0.4, 0.5) is 8.78 Å². The van der Waals surface area contributed by atoms with Gasteiger partial charge in [-0.3, -0.25) is 4.99 Å². The first kappa shape index (κ1) is 23.9. The van der Waals surface area contributed by atoms with Gasteiger partial charge in [-0.05, 0) is 23.8 Å². The van der Waals surface area contributed by atoms with Gasteiger partial charge >= 0.3 is 0 Å². The summed E-state index contributed by atoms with van der Waals surface area (Å²) in [5.41, 5.74) is 0.833. The van der Waals surface area contributed by atoms with Crippen LogP contribution in [-0.2, 0) is 11.2 Å². The zero-order chi connectivity index (χ0) is 25.4. The molecule has 4 heterocycles. The van der Waals surface area contributed by atoms with E-state index in [2.05, 4.69) is 25.2 Å². The number of pyridine rings is 1. The number of halogens is 2. The topological polar surface area (TPSA) is 119 Å². The first-order valence-electron chi connectivity index (χ1n) is 11.5. The van der Waals surface area contributed by atoms with E-state index < -0.39 is 22.8 Å². The molecular weight excluding hydrogens is 472 g/mol. The summed E-state index contributed by atoms with van der Waals surface area (Å²) < 4.78 is 47.1. The van der Waals surface area contributed by atoms with Crippen molar-refractivity contribution >= 4 is 16.9 Å². The van der Waals surface area contributed by atoms with E-state index >= 15 is 8.78 Å². The van der Waals surface area contributed by atoms with Crippen molar-refractivity contribution in [3.05, 3.63) is 53.7 Å². The molecule has 0 radical (unpaired) electrons. The highest BCUT2D eigenvalue weighted by Gasteiger charge is 2.29. The van der Waals surface area contributed by atoms with Crippen LogP contribution in [0.5, 0.6) is 11.5 Å². The maximum Gasteiger partial charge on any atom is 0.250 e. The van der Waals surface area contributed by atoms with Crippen molar-refractivity contribution in [1.82, 2.24) is 20.2 Å². The van der Waals surface area contributed by atoms with Crippen molar-refractivity contribution in [3.63, 3.8) is 0 Å². The van der Waals surface area contributed by atoms with Gasteiger partial charge in [-0.2, -0.15) is 0 Å². The van der Waals surface area contributed by atoms with Crippen LogP contribution in [0.2, 0.25) is 0 Å². The van der Waals surface area contributed by atoms with Gasteiger partial charge in [-0.1, -0.05) is 20.8 Å². The molecule has 0 saturated carbocycles.